The minimum atomic E-state index is -0.234. The molecule has 0 saturated carbocycles. The van der Waals surface area contributed by atoms with Crippen molar-refractivity contribution in [2.45, 2.75) is 19.2 Å². The summed E-state index contributed by atoms with van der Waals surface area (Å²) in [5.41, 5.74) is 2.27. The smallest absolute Gasteiger partial charge is 0.254 e. The molecule has 3 nitrogen and oxygen atoms in total. The molecule has 1 aliphatic rings. The predicted octanol–water partition coefficient (Wildman–Crippen LogP) is 2.61. The lowest BCUT2D eigenvalue weighted by Crippen LogP contribution is -2.33. The quantitative estimate of drug-likeness (QED) is 0.780. The van der Waals surface area contributed by atoms with Gasteiger partial charge >= 0.3 is 0 Å². The zero-order valence-corrected chi connectivity index (χ0v) is 11.2. The van der Waals surface area contributed by atoms with Gasteiger partial charge in [-0.05, 0) is 11.1 Å². The van der Waals surface area contributed by atoms with Crippen LogP contribution in [0.25, 0.3) is 0 Å². The van der Waals surface area contributed by atoms with E-state index >= 15 is 0 Å². The lowest BCUT2D eigenvalue weighted by atomic mass is 10.1. The first-order valence-corrected chi connectivity index (χ1v) is 6.81. The summed E-state index contributed by atoms with van der Waals surface area (Å²) in [6, 6.07) is 20.1. The molecule has 1 atom stereocenters. The van der Waals surface area contributed by atoms with Crippen LogP contribution < -0.4 is 0 Å². The molecule has 1 aliphatic heterocycles. The van der Waals surface area contributed by atoms with Crippen molar-refractivity contribution < 1.29 is 9.53 Å². The summed E-state index contributed by atoms with van der Waals surface area (Å²) in [4.78, 5) is 14.2. The van der Waals surface area contributed by atoms with Crippen LogP contribution in [0.5, 0.6) is 0 Å². The second-order valence-corrected chi connectivity index (χ2v) is 4.99. The molecule has 0 aromatic heterocycles. The molecule has 102 valence electrons. The van der Waals surface area contributed by atoms with Gasteiger partial charge in [0.2, 0.25) is 0 Å². The molecule has 0 spiro atoms. The van der Waals surface area contributed by atoms with E-state index in [0.29, 0.717) is 19.7 Å². The van der Waals surface area contributed by atoms with Crippen LogP contribution in [0, 0.1) is 0 Å². The summed E-state index contributed by atoms with van der Waals surface area (Å²) in [6.45, 7) is 1.79. The first-order chi connectivity index (χ1) is 9.83. The van der Waals surface area contributed by atoms with E-state index in [2.05, 4.69) is 0 Å². The molecule has 0 aliphatic carbocycles. The summed E-state index contributed by atoms with van der Waals surface area (Å²) >= 11 is 0. The Balaban J connectivity index is 1.75. The van der Waals surface area contributed by atoms with E-state index in [1.165, 1.54) is 0 Å². The molecule has 1 fully saturated rings. The van der Waals surface area contributed by atoms with Gasteiger partial charge in [0.15, 0.2) is 6.10 Å². The molecular weight excluding hydrogens is 250 g/mol. The summed E-state index contributed by atoms with van der Waals surface area (Å²) in [7, 11) is 0. The first-order valence-electron chi connectivity index (χ1n) is 6.81. The van der Waals surface area contributed by atoms with E-state index in [9.17, 15) is 4.79 Å². The number of amides is 1. The number of carbonyl (C=O) groups excluding carboxylic acids is 1. The molecule has 2 aromatic rings. The minimum Gasteiger partial charge on any atom is -0.363 e. The lowest BCUT2D eigenvalue weighted by molar-refractivity contribution is -0.133. The van der Waals surface area contributed by atoms with Gasteiger partial charge in [-0.2, -0.15) is 0 Å². The highest BCUT2D eigenvalue weighted by molar-refractivity contribution is 5.83. The molecule has 1 saturated heterocycles. The van der Waals surface area contributed by atoms with Crippen molar-refractivity contribution in [3.8, 4) is 0 Å². The van der Waals surface area contributed by atoms with Crippen molar-refractivity contribution in [1.29, 1.82) is 0 Å². The van der Waals surface area contributed by atoms with E-state index in [-0.39, 0.29) is 12.0 Å². The summed E-state index contributed by atoms with van der Waals surface area (Å²) in [5.74, 6) is 0.0812. The van der Waals surface area contributed by atoms with Gasteiger partial charge in [0.25, 0.3) is 5.91 Å². The van der Waals surface area contributed by atoms with Crippen molar-refractivity contribution in [3.05, 3.63) is 71.8 Å². The van der Waals surface area contributed by atoms with Gasteiger partial charge in [0, 0.05) is 13.1 Å². The number of hydrogen-bond acceptors (Lipinski definition) is 2. The highest BCUT2D eigenvalue weighted by Gasteiger charge is 2.35. The molecule has 20 heavy (non-hydrogen) atoms. The number of benzene rings is 2. The predicted molar refractivity (Wildman–Crippen MR) is 76.9 cm³/mol. The maximum atomic E-state index is 12.3. The summed E-state index contributed by atoms with van der Waals surface area (Å²) in [6.07, 6.45) is -0.234. The molecule has 3 heteroatoms. The van der Waals surface area contributed by atoms with Crippen LogP contribution in [0.4, 0.5) is 0 Å². The lowest BCUT2D eigenvalue weighted by Gasteiger charge is -2.22. The van der Waals surface area contributed by atoms with Crippen molar-refractivity contribution in [2.24, 2.45) is 0 Å². The van der Waals surface area contributed by atoms with Gasteiger partial charge in [-0.3, -0.25) is 4.79 Å². The summed E-state index contributed by atoms with van der Waals surface area (Å²) in [5, 5.41) is 0. The largest absolute Gasteiger partial charge is 0.363 e. The van der Waals surface area contributed by atoms with Crippen LogP contribution in [-0.4, -0.2) is 23.5 Å². The van der Waals surface area contributed by atoms with Gasteiger partial charge in [-0.15, -0.1) is 0 Å². The Labute approximate surface area is 118 Å². The molecule has 3 rings (SSSR count). The van der Waals surface area contributed by atoms with Crippen molar-refractivity contribution >= 4 is 5.91 Å². The fourth-order valence-electron chi connectivity index (χ4n) is 2.21. The second-order valence-electron chi connectivity index (χ2n) is 4.99. The number of rotatable bonds is 5. The maximum Gasteiger partial charge on any atom is 0.254 e. The van der Waals surface area contributed by atoms with Crippen molar-refractivity contribution in [2.75, 3.05) is 6.61 Å². The van der Waals surface area contributed by atoms with Crippen molar-refractivity contribution in [3.63, 3.8) is 0 Å². The maximum absolute atomic E-state index is 12.3. The van der Waals surface area contributed by atoms with Gasteiger partial charge in [0.1, 0.15) is 0 Å². The Hall–Kier alpha value is -2.13. The van der Waals surface area contributed by atoms with Crippen LogP contribution in [0.3, 0.4) is 0 Å². The van der Waals surface area contributed by atoms with Crippen molar-refractivity contribution in [1.82, 2.24) is 4.90 Å². The molecule has 0 N–H and O–H groups in total. The third kappa shape index (κ3) is 3.25. The van der Waals surface area contributed by atoms with Gasteiger partial charge in [-0.1, -0.05) is 60.7 Å². The molecule has 0 radical (unpaired) electrons. The minimum absolute atomic E-state index is 0.0812. The van der Waals surface area contributed by atoms with Gasteiger partial charge in [-0.25, -0.2) is 0 Å². The standard InChI is InChI=1S/C17H17NO2/c19-17(16-13-20-16)18(11-14-7-3-1-4-8-14)12-15-9-5-2-6-10-15/h1-10,16H,11-13H2. The van der Waals surface area contributed by atoms with Crippen LogP contribution in [0.2, 0.25) is 0 Å². The zero-order chi connectivity index (χ0) is 13.8. The van der Waals surface area contributed by atoms with Crippen LogP contribution >= 0.6 is 0 Å². The average molecular weight is 267 g/mol. The number of nitrogens with zero attached hydrogens (tertiary/aromatic N) is 1. The molecule has 2 aromatic carbocycles. The Kier molecular flexibility index (Phi) is 3.79. The van der Waals surface area contributed by atoms with Crippen LogP contribution in [0.15, 0.2) is 60.7 Å². The third-order valence-corrected chi connectivity index (χ3v) is 3.35. The third-order valence-electron chi connectivity index (χ3n) is 3.35. The van der Waals surface area contributed by atoms with Gasteiger partial charge in [0.05, 0.1) is 6.61 Å². The summed E-state index contributed by atoms with van der Waals surface area (Å²) < 4.78 is 5.14. The normalized spacial score (nSPS) is 16.7. The molecule has 1 unspecified atom stereocenters. The Bertz CT molecular complexity index is 523. The molecular formula is C17H17NO2. The second kappa shape index (κ2) is 5.88. The van der Waals surface area contributed by atoms with E-state index in [4.69, 9.17) is 4.74 Å². The SMILES string of the molecule is O=C(C1CO1)N(Cc1ccccc1)Cc1ccccc1. The number of ether oxygens (including phenoxy) is 1. The van der Waals surface area contributed by atoms with E-state index in [1.807, 2.05) is 65.6 Å². The molecule has 1 heterocycles. The molecule has 0 bridgehead atoms. The van der Waals surface area contributed by atoms with Crippen LogP contribution in [0.1, 0.15) is 11.1 Å². The number of hydrogen-bond donors (Lipinski definition) is 0. The molecule has 1 amide bonds. The Morgan fingerprint density at radius 3 is 1.80 bits per heavy atom. The van der Waals surface area contributed by atoms with E-state index < -0.39 is 0 Å². The van der Waals surface area contributed by atoms with Gasteiger partial charge < -0.3 is 9.64 Å². The monoisotopic (exact) mass is 267 g/mol. The fourth-order valence-corrected chi connectivity index (χ4v) is 2.21. The topological polar surface area (TPSA) is 32.8 Å². The van der Waals surface area contributed by atoms with Crippen LogP contribution in [-0.2, 0) is 22.6 Å². The highest BCUT2D eigenvalue weighted by Crippen LogP contribution is 2.17. The number of carbonyl (C=O) groups is 1. The first kappa shape index (κ1) is 12.9. The zero-order valence-electron chi connectivity index (χ0n) is 11.2. The Morgan fingerprint density at radius 1 is 0.950 bits per heavy atom. The average Bonchev–Trinajstić information content (AvgIpc) is 3.33. The van der Waals surface area contributed by atoms with E-state index in [1.54, 1.807) is 0 Å². The highest BCUT2D eigenvalue weighted by atomic mass is 16.6. The fraction of sp³-hybridized carbons (Fsp3) is 0.235. The number of epoxide rings is 1. The Morgan fingerprint density at radius 2 is 1.40 bits per heavy atom. The van der Waals surface area contributed by atoms with E-state index in [0.717, 1.165) is 11.1 Å².